The van der Waals surface area contributed by atoms with Crippen molar-refractivity contribution < 1.29 is 14.3 Å². The van der Waals surface area contributed by atoms with E-state index in [0.717, 1.165) is 9.81 Å². The van der Waals surface area contributed by atoms with Crippen LogP contribution in [0.1, 0.15) is 0 Å². The Morgan fingerprint density at radius 1 is 1.20 bits per heavy atom. The smallest absolute Gasteiger partial charge is 0.352 e. The van der Waals surface area contributed by atoms with Crippen molar-refractivity contribution in [3.63, 3.8) is 0 Å². The van der Waals surface area contributed by atoms with E-state index in [1.54, 1.807) is 18.2 Å². The fourth-order valence-electron chi connectivity index (χ4n) is 2.84. The van der Waals surface area contributed by atoms with Crippen molar-refractivity contribution in [3.8, 4) is 11.5 Å². The molecule has 0 aliphatic heterocycles. The van der Waals surface area contributed by atoms with E-state index in [1.165, 1.54) is 36.3 Å². The number of nitrogens with one attached hydrogen (secondary N) is 1. The summed E-state index contributed by atoms with van der Waals surface area (Å²) in [5.74, 6) is 0.646. The van der Waals surface area contributed by atoms with Gasteiger partial charge in [-0.3, -0.25) is 4.79 Å². The highest BCUT2D eigenvalue weighted by Gasteiger charge is 2.17. The molecule has 1 aromatic carbocycles. The molecule has 0 radical (unpaired) electrons. The van der Waals surface area contributed by atoms with E-state index in [1.807, 2.05) is 19.0 Å². The number of anilines is 2. The first kappa shape index (κ1) is 19.6. The van der Waals surface area contributed by atoms with Gasteiger partial charge in [-0.2, -0.15) is 4.98 Å². The summed E-state index contributed by atoms with van der Waals surface area (Å²) >= 11 is 1.38. The first-order valence-corrected chi connectivity index (χ1v) is 9.66. The zero-order valence-corrected chi connectivity index (χ0v) is 17.6. The fourth-order valence-corrected chi connectivity index (χ4v) is 3.75. The number of carbonyl (C=O) groups is 1. The number of hydrogen-bond acceptors (Lipinski definition) is 9. The molecule has 0 unspecified atom stereocenters. The zero-order valence-electron chi connectivity index (χ0n) is 16.7. The highest BCUT2D eigenvalue weighted by molar-refractivity contribution is 7.22. The Bertz CT molecular complexity index is 1290. The lowest BCUT2D eigenvalue weighted by molar-refractivity contribution is -0.117. The summed E-state index contributed by atoms with van der Waals surface area (Å²) in [5.41, 5.74) is 0.931. The van der Waals surface area contributed by atoms with Gasteiger partial charge < -0.3 is 19.7 Å². The van der Waals surface area contributed by atoms with Gasteiger partial charge in [-0.05, 0) is 0 Å². The molecule has 4 rings (SSSR count). The van der Waals surface area contributed by atoms with Crippen molar-refractivity contribution in [1.29, 1.82) is 0 Å². The minimum atomic E-state index is -0.461. The number of hydrogen-bond donors (Lipinski definition) is 1. The third kappa shape index (κ3) is 3.52. The summed E-state index contributed by atoms with van der Waals surface area (Å²) < 4.78 is 13.5. The highest BCUT2D eigenvalue weighted by atomic mass is 32.1. The van der Waals surface area contributed by atoms with E-state index < -0.39 is 11.6 Å². The van der Waals surface area contributed by atoms with Crippen LogP contribution in [-0.4, -0.2) is 58.4 Å². The second-order valence-corrected chi connectivity index (χ2v) is 7.55. The standard InChI is InChI=1S/C18H19N7O4S/c1-23(2)17-21-15-14(30-17)16-22-25(18(27)24(16)9-19-15)8-13(26)20-10-5-11(28-3)7-12(6-10)29-4/h5-7,9H,8H2,1-4H3,(H,20,26). The predicted octanol–water partition coefficient (Wildman–Crippen LogP) is 1.22. The lowest BCUT2D eigenvalue weighted by atomic mass is 10.2. The number of rotatable bonds is 6. The van der Waals surface area contributed by atoms with E-state index in [0.29, 0.717) is 33.2 Å². The largest absolute Gasteiger partial charge is 0.497 e. The Hall–Kier alpha value is -3.67. The number of benzene rings is 1. The number of aromatic nitrogens is 5. The van der Waals surface area contributed by atoms with E-state index in [-0.39, 0.29) is 6.54 Å². The summed E-state index contributed by atoms with van der Waals surface area (Å²) in [5, 5.41) is 7.81. The molecule has 0 bridgehead atoms. The molecule has 11 nitrogen and oxygen atoms in total. The van der Waals surface area contributed by atoms with Crippen LogP contribution >= 0.6 is 11.3 Å². The molecule has 3 heterocycles. The van der Waals surface area contributed by atoms with Crippen molar-refractivity contribution in [2.24, 2.45) is 0 Å². The van der Waals surface area contributed by atoms with E-state index in [4.69, 9.17) is 9.47 Å². The van der Waals surface area contributed by atoms with Crippen LogP contribution in [0.15, 0.2) is 29.3 Å². The molecule has 0 atom stereocenters. The van der Waals surface area contributed by atoms with Crippen LogP contribution in [0.2, 0.25) is 0 Å². The Morgan fingerprint density at radius 2 is 1.90 bits per heavy atom. The SMILES string of the molecule is COc1cc(NC(=O)Cn2nc3c4sc(N(C)C)nc4ncn3c2=O)cc(OC)c1. The van der Waals surface area contributed by atoms with Gasteiger partial charge in [0.2, 0.25) is 5.91 Å². The Kier molecular flexibility index (Phi) is 4.99. The zero-order chi connectivity index (χ0) is 21.4. The van der Waals surface area contributed by atoms with Crippen LogP contribution in [-0.2, 0) is 11.3 Å². The number of methoxy groups -OCH3 is 2. The Balaban J connectivity index is 1.64. The van der Waals surface area contributed by atoms with Gasteiger partial charge in [-0.1, -0.05) is 11.3 Å². The third-order valence-corrected chi connectivity index (χ3v) is 5.49. The Morgan fingerprint density at radius 3 is 2.53 bits per heavy atom. The normalized spacial score (nSPS) is 11.1. The maximum absolute atomic E-state index is 12.7. The van der Waals surface area contributed by atoms with E-state index in [9.17, 15) is 9.59 Å². The van der Waals surface area contributed by atoms with Crippen LogP contribution in [0.25, 0.3) is 16.0 Å². The summed E-state index contributed by atoms with van der Waals surface area (Å²) in [6.45, 7) is -0.263. The maximum Gasteiger partial charge on any atom is 0.352 e. The van der Waals surface area contributed by atoms with Gasteiger partial charge >= 0.3 is 5.69 Å². The molecule has 3 aromatic heterocycles. The molecule has 0 aliphatic carbocycles. The minimum Gasteiger partial charge on any atom is -0.497 e. The molecule has 0 aliphatic rings. The first-order valence-electron chi connectivity index (χ1n) is 8.84. The van der Waals surface area contributed by atoms with Crippen molar-refractivity contribution in [1.82, 2.24) is 24.1 Å². The van der Waals surface area contributed by atoms with Crippen LogP contribution < -0.4 is 25.4 Å². The van der Waals surface area contributed by atoms with Crippen LogP contribution in [0.4, 0.5) is 10.8 Å². The average Bonchev–Trinajstić information content (AvgIpc) is 3.29. The van der Waals surface area contributed by atoms with E-state index >= 15 is 0 Å². The van der Waals surface area contributed by atoms with Crippen LogP contribution in [0, 0.1) is 0 Å². The van der Waals surface area contributed by atoms with Crippen LogP contribution in [0.3, 0.4) is 0 Å². The lowest BCUT2D eigenvalue weighted by Gasteiger charge is -2.09. The van der Waals surface area contributed by atoms with Gasteiger partial charge in [-0.25, -0.2) is 18.9 Å². The van der Waals surface area contributed by atoms with Gasteiger partial charge in [0, 0.05) is 38.0 Å². The maximum atomic E-state index is 12.7. The molecular formula is C18H19N7O4S. The summed E-state index contributed by atoms with van der Waals surface area (Å²) in [4.78, 5) is 35.7. The molecule has 4 aromatic rings. The van der Waals surface area contributed by atoms with Gasteiger partial charge in [0.15, 0.2) is 16.4 Å². The molecule has 0 spiro atoms. The fraction of sp³-hybridized carbons (Fsp3) is 0.278. The molecule has 12 heteroatoms. The van der Waals surface area contributed by atoms with Crippen molar-refractivity contribution in [2.45, 2.75) is 6.54 Å². The number of carbonyl (C=O) groups excluding carboxylic acids is 1. The Labute approximate surface area is 174 Å². The van der Waals surface area contributed by atoms with Crippen molar-refractivity contribution in [2.75, 3.05) is 38.5 Å². The molecule has 1 N–H and O–H groups in total. The molecule has 0 saturated heterocycles. The second kappa shape index (κ2) is 7.63. The number of fused-ring (bicyclic) bond motifs is 3. The molecule has 156 valence electrons. The number of thiazole rings is 1. The summed E-state index contributed by atoms with van der Waals surface area (Å²) in [7, 11) is 6.79. The number of amides is 1. The average molecular weight is 429 g/mol. The molecular weight excluding hydrogens is 410 g/mol. The van der Waals surface area contributed by atoms with E-state index in [2.05, 4.69) is 20.4 Å². The van der Waals surface area contributed by atoms with Gasteiger partial charge in [-0.15, -0.1) is 5.10 Å². The molecule has 0 fully saturated rings. The van der Waals surface area contributed by atoms with Crippen molar-refractivity contribution in [3.05, 3.63) is 35.0 Å². The monoisotopic (exact) mass is 429 g/mol. The summed E-state index contributed by atoms with van der Waals surface area (Å²) in [6.07, 6.45) is 1.37. The minimum absolute atomic E-state index is 0.263. The van der Waals surface area contributed by atoms with Crippen LogP contribution in [0.5, 0.6) is 11.5 Å². The topological polar surface area (TPSA) is 116 Å². The van der Waals surface area contributed by atoms with Gasteiger partial charge in [0.1, 0.15) is 29.1 Å². The summed E-state index contributed by atoms with van der Waals surface area (Å²) in [6, 6.07) is 5.00. The predicted molar refractivity (Wildman–Crippen MR) is 113 cm³/mol. The third-order valence-electron chi connectivity index (χ3n) is 4.28. The second-order valence-electron chi connectivity index (χ2n) is 6.57. The molecule has 30 heavy (non-hydrogen) atoms. The number of nitrogens with zero attached hydrogens (tertiary/aromatic N) is 6. The van der Waals surface area contributed by atoms with Gasteiger partial charge in [0.25, 0.3) is 0 Å². The quantitative estimate of drug-likeness (QED) is 0.486. The van der Waals surface area contributed by atoms with Crippen molar-refractivity contribution >= 4 is 44.1 Å². The van der Waals surface area contributed by atoms with Gasteiger partial charge in [0.05, 0.1) is 14.2 Å². The highest BCUT2D eigenvalue weighted by Crippen LogP contribution is 2.28. The number of ether oxygens (including phenoxy) is 2. The molecule has 1 amide bonds. The first-order chi connectivity index (χ1) is 14.4. The lowest BCUT2D eigenvalue weighted by Crippen LogP contribution is -2.28. The molecule has 0 saturated carbocycles.